The lowest BCUT2D eigenvalue weighted by Crippen LogP contribution is -2.40. The number of aliphatic hydroxyl groups is 1. The summed E-state index contributed by atoms with van der Waals surface area (Å²) in [6, 6.07) is 5.32. The fourth-order valence-electron chi connectivity index (χ4n) is 2.57. The largest absolute Gasteiger partial charge is 0.391 e. The number of rotatable bonds is 9. The van der Waals surface area contributed by atoms with Crippen molar-refractivity contribution in [3.8, 4) is 0 Å². The van der Waals surface area contributed by atoms with E-state index in [1.165, 1.54) is 33.0 Å². The third-order valence-corrected chi connectivity index (χ3v) is 4.11. The van der Waals surface area contributed by atoms with Gasteiger partial charge >= 0.3 is 0 Å². The molecule has 1 aromatic carbocycles. The van der Waals surface area contributed by atoms with Gasteiger partial charge in [0.1, 0.15) is 11.5 Å². The predicted octanol–water partition coefficient (Wildman–Crippen LogP) is 2.34. The Balaban J connectivity index is 2.63. The zero-order valence-electron chi connectivity index (χ0n) is 14.6. The highest BCUT2D eigenvalue weighted by Gasteiger charge is 2.27. The van der Waals surface area contributed by atoms with Gasteiger partial charge in [0.15, 0.2) is 0 Å². The van der Waals surface area contributed by atoms with Gasteiger partial charge < -0.3 is 16.2 Å². The lowest BCUT2D eigenvalue weighted by Gasteiger charge is -2.25. The molecular formula is C18H28F2N2O2. The van der Waals surface area contributed by atoms with Gasteiger partial charge in [-0.15, -0.1) is 0 Å². The third kappa shape index (κ3) is 7.36. The molecular weight excluding hydrogens is 314 g/mol. The molecule has 1 aromatic rings. The fraction of sp³-hybridized carbons (Fsp3) is 0.611. The molecule has 24 heavy (non-hydrogen) atoms. The Morgan fingerprint density at radius 1 is 1.33 bits per heavy atom. The van der Waals surface area contributed by atoms with Crippen molar-refractivity contribution in [1.82, 2.24) is 5.32 Å². The molecule has 0 radical (unpaired) electrons. The van der Waals surface area contributed by atoms with Crippen molar-refractivity contribution < 1.29 is 18.7 Å². The highest BCUT2D eigenvalue weighted by Crippen LogP contribution is 2.23. The first-order valence-electron chi connectivity index (χ1n) is 8.21. The molecule has 0 bridgehead atoms. The summed E-state index contributed by atoms with van der Waals surface area (Å²) < 4.78 is 26.6. The smallest absolute Gasteiger partial charge is 0.222 e. The summed E-state index contributed by atoms with van der Waals surface area (Å²) >= 11 is 0. The molecule has 0 heterocycles. The summed E-state index contributed by atoms with van der Waals surface area (Å²) in [5.41, 5.74) is 5.45. The standard InChI is InChI=1S/C18H28F2N2O2/c1-18(2,20)9-8-13(17(24)22-3)11-16(23)15(21)10-12-4-6-14(19)7-5-12/h4-7,13,15-16,23H,8-11,21H2,1-3H3,(H,22,24)/t13-,15+,16+/m1/s1. The molecule has 6 heteroatoms. The third-order valence-electron chi connectivity index (χ3n) is 4.11. The highest BCUT2D eigenvalue weighted by molar-refractivity contribution is 5.78. The Hall–Kier alpha value is -1.53. The average Bonchev–Trinajstić information content (AvgIpc) is 2.51. The Bertz CT molecular complexity index is 515. The zero-order chi connectivity index (χ0) is 18.3. The number of nitrogens with two attached hydrogens (primary N) is 1. The first-order chi connectivity index (χ1) is 11.1. The Morgan fingerprint density at radius 3 is 2.42 bits per heavy atom. The van der Waals surface area contributed by atoms with Crippen LogP contribution in [0.4, 0.5) is 8.78 Å². The van der Waals surface area contributed by atoms with Crippen LogP contribution in [0.2, 0.25) is 0 Å². The van der Waals surface area contributed by atoms with Crippen molar-refractivity contribution in [3.05, 3.63) is 35.6 Å². The number of benzene rings is 1. The number of nitrogens with one attached hydrogen (secondary N) is 1. The molecule has 3 atom stereocenters. The number of amides is 1. The SMILES string of the molecule is CNC(=O)[C@H](CCC(C)(C)F)C[C@H](O)[C@@H](N)Cc1ccc(F)cc1. The van der Waals surface area contributed by atoms with Gasteiger partial charge in [0.05, 0.1) is 6.10 Å². The van der Waals surface area contributed by atoms with Crippen LogP contribution in [0.1, 0.15) is 38.7 Å². The first-order valence-corrected chi connectivity index (χ1v) is 8.21. The summed E-state index contributed by atoms with van der Waals surface area (Å²) in [6.45, 7) is 2.93. The lowest BCUT2D eigenvalue weighted by atomic mass is 9.88. The molecule has 1 amide bonds. The van der Waals surface area contributed by atoms with Crippen LogP contribution in [-0.4, -0.2) is 35.9 Å². The molecule has 0 spiro atoms. The fourth-order valence-corrected chi connectivity index (χ4v) is 2.57. The van der Waals surface area contributed by atoms with Gasteiger partial charge in [0.25, 0.3) is 0 Å². The van der Waals surface area contributed by atoms with Crippen molar-refractivity contribution in [2.24, 2.45) is 11.7 Å². The number of carbonyl (C=O) groups is 1. The molecule has 4 nitrogen and oxygen atoms in total. The van der Waals surface area contributed by atoms with Gasteiger partial charge in [-0.3, -0.25) is 4.79 Å². The maximum Gasteiger partial charge on any atom is 0.222 e. The number of halogens is 2. The Morgan fingerprint density at radius 2 is 1.92 bits per heavy atom. The molecule has 0 saturated heterocycles. The van der Waals surface area contributed by atoms with E-state index in [-0.39, 0.29) is 24.6 Å². The van der Waals surface area contributed by atoms with Crippen LogP contribution in [0.25, 0.3) is 0 Å². The lowest BCUT2D eigenvalue weighted by molar-refractivity contribution is -0.126. The maximum atomic E-state index is 13.7. The predicted molar refractivity (Wildman–Crippen MR) is 90.7 cm³/mol. The number of alkyl halides is 1. The molecule has 0 saturated carbocycles. The van der Waals surface area contributed by atoms with E-state index in [1.54, 1.807) is 12.1 Å². The molecule has 136 valence electrons. The summed E-state index contributed by atoms with van der Waals surface area (Å²) in [5.74, 6) is -1.06. The minimum atomic E-state index is -1.37. The van der Waals surface area contributed by atoms with Gasteiger partial charge in [0.2, 0.25) is 5.91 Å². The highest BCUT2D eigenvalue weighted by atomic mass is 19.1. The summed E-state index contributed by atoms with van der Waals surface area (Å²) in [4.78, 5) is 12.0. The second kappa shape index (κ2) is 9.08. The molecule has 0 aromatic heterocycles. The van der Waals surface area contributed by atoms with Crippen molar-refractivity contribution in [2.45, 2.75) is 57.3 Å². The van der Waals surface area contributed by atoms with Crippen molar-refractivity contribution in [3.63, 3.8) is 0 Å². The van der Waals surface area contributed by atoms with Gasteiger partial charge in [-0.1, -0.05) is 12.1 Å². The normalized spacial score (nSPS) is 15.6. The van der Waals surface area contributed by atoms with Crippen LogP contribution in [-0.2, 0) is 11.2 Å². The average molecular weight is 342 g/mol. The van der Waals surface area contributed by atoms with Crippen molar-refractivity contribution in [2.75, 3.05) is 7.05 Å². The molecule has 0 fully saturated rings. The monoisotopic (exact) mass is 342 g/mol. The number of hydrogen-bond acceptors (Lipinski definition) is 3. The summed E-state index contributed by atoms with van der Waals surface area (Å²) in [7, 11) is 1.51. The molecule has 1 rings (SSSR count). The van der Waals surface area contributed by atoms with Crippen molar-refractivity contribution >= 4 is 5.91 Å². The topological polar surface area (TPSA) is 75.3 Å². The van der Waals surface area contributed by atoms with Gasteiger partial charge in [0, 0.05) is 19.0 Å². The van der Waals surface area contributed by atoms with E-state index >= 15 is 0 Å². The van der Waals surface area contributed by atoms with Crippen LogP contribution < -0.4 is 11.1 Å². The summed E-state index contributed by atoms with van der Waals surface area (Å²) in [5, 5.41) is 12.9. The quantitative estimate of drug-likeness (QED) is 0.645. The summed E-state index contributed by atoms with van der Waals surface area (Å²) in [6.07, 6.45) is 0.198. The van der Waals surface area contributed by atoms with Crippen LogP contribution in [0.3, 0.4) is 0 Å². The van der Waals surface area contributed by atoms with Crippen molar-refractivity contribution in [1.29, 1.82) is 0 Å². The molecule has 4 N–H and O–H groups in total. The Kier molecular flexibility index (Phi) is 7.76. The van der Waals surface area contributed by atoms with E-state index in [0.717, 1.165) is 5.56 Å². The zero-order valence-corrected chi connectivity index (χ0v) is 14.6. The van der Waals surface area contributed by atoms with E-state index in [1.807, 2.05) is 0 Å². The van der Waals surface area contributed by atoms with Crippen LogP contribution in [0, 0.1) is 11.7 Å². The van der Waals surface area contributed by atoms with Gasteiger partial charge in [-0.05, 0) is 57.2 Å². The van der Waals surface area contributed by atoms with E-state index in [4.69, 9.17) is 5.73 Å². The van der Waals surface area contributed by atoms with E-state index in [2.05, 4.69) is 5.32 Å². The van der Waals surface area contributed by atoms with Crippen LogP contribution in [0.5, 0.6) is 0 Å². The first kappa shape index (κ1) is 20.5. The van der Waals surface area contributed by atoms with E-state index < -0.39 is 23.7 Å². The number of carbonyl (C=O) groups excluding carboxylic acids is 1. The van der Waals surface area contributed by atoms with E-state index in [0.29, 0.717) is 12.8 Å². The molecule has 0 aliphatic heterocycles. The second-order valence-corrected chi connectivity index (χ2v) is 6.87. The molecule has 0 aliphatic rings. The van der Waals surface area contributed by atoms with Crippen LogP contribution >= 0.6 is 0 Å². The second-order valence-electron chi connectivity index (χ2n) is 6.87. The van der Waals surface area contributed by atoms with Gasteiger partial charge in [-0.2, -0.15) is 0 Å². The minimum Gasteiger partial charge on any atom is -0.391 e. The molecule has 0 unspecified atom stereocenters. The number of aliphatic hydroxyl groups excluding tert-OH is 1. The Labute approximate surface area is 142 Å². The minimum absolute atomic E-state index is 0.165. The van der Waals surface area contributed by atoms with Gasteiger partial charge in [-0.25, -0.2) is 8.78 Å². The van der Waals surface area contributed by atoms with E-state index in [9.17, 15) is 18.7 Å². The number of hydrogen-bond donors (Lipinski definition) is 3. The maximum absolute atomic E-state index is 13.7. The van der Waals surface area contributed by atoms with Crippen LogP contribution in [0.15, 0.2) is 24.3 Å². The molecule has 0 aliphatic carbocycles.